The minimum atomic E-state index is -0.277. The summed E-state index contributed by atoms with van der Waals surface area (Å²) in [5.74, 6) is 0. The van der Waals surface area contributed by atoms with Crippen LogP contribution in [-0.4, -0.2) is 22.4 Å². The Morgan fingerprint density at radius 1 is 0.317 bits per heavy atom. The third kappa shape index (κ3) is 24.2. The number of hydrogen-bond donors (Lipinski definition) is 2. The second-order valence-corrected chi connectivity index (χ2v) is 26.6. The molecule has 82 heavy (non-hydrogen) atoms. The summed E-state index contributed by atoms with van der Waals surface area (Å²) in [6.45, 7) is 44.0. The lowest BCUT2D eigenvalue weighted by Gasteiger charge is -2.37. The molecule has 4 aliphatic rings. The van der Waals surface area contributed by atoms with E-state index in [1.54, 1.807) is 11.1 Å². The molecule has 0 radical (unpaired) electrons. The number of aliphatic hydroxyl groups is 2. The standard InChI is InChI=1S/2C40H56O/c2*1-30(18-13-20-32(3)23-26-36-34(5)22-15-29-39(36,7)8)16-11-12-17-31(2)19-14-21-33(4)24-27-37-35(6)25-28-38(41)40(37,9)10/h2*11-14,16-21,23-24,26-27,38,41H,15,22,25,28-29H2,1-10H3/b2*12-11+,18-13+,19-14+,26-23+,27-24+,30-16+,31-17+,32-20+,33-21+. The van der Waals surface area contributed by atoms with Gasteiger partial charge in [0.05, 0.1) is 12.2 Å². The van der Waals surface area contributed by atoms with E-state index in [-0.39, 0.29) is 33.9 Å². The van der Waals surface area contributed by atoms with Crippen molar-refractivity contribution in [1.29, 1.82) is 0 Å². The molecule has 0 amide bonds. The predicted octanol–water partition coefficient (Wildman–Crippen LogP) is 23.2. The van der Waals surface area contributed by atoms with Crippen LogP contribution in [0, 0.1) is 21.7 Å². The van der Waals surface area contributed by atoms with Gasteiger partial charge in [-0.25, -0.2) is 0 Å². The van der Waals surface area contributed by atoms with Crippen molar-refractivity contribution in [1.82, 2.24) is 0 Å². The zero-order valence-corrected chi connectivity index (χ0v) is 55.3. The van der Waals surface area contributed by atoms with Crippen LogP contribution < -0.4 is 0 Å². The fourth-order valence-corrected chi connectivity index (χ4v) is 11.4. The van der Waals surface area contributed by atoms with Gasteiger partial charge in [-0.2, -0.15) is 0 Å². The molecule has 0 saturated heterocycles. The average Bonchev–Trinajstić information content (AvgIpc) is 3.59. The Kier molecular flexibility index (Phi) is 29.3. The van der Waals surface area contributed by atoms with Gasteiger partial charge in [0.25, 0.3) is 0 Å². The molecule has 2 atom stereocenters. The fourth-order valence-electron chi connectivity index (χ4n) is 11.4. The molecule has 0 spiro atoms. The summed E-state index contributed by atoms with van der Waals surface area (Å²) >= 11 is 0. The maximum atomic E-state index is 10.4. The minimum absolute atomic E-state index is 0.195. The monoisotopic (exact) mass is 1100 g/mol. The van der Waals surface area contributed by atoms with Crippen molar-refractivity contribution in [2.45, 2.75) is 215 Å². The SMILES string of the molecule is CC1=C(/C=C/C(C)=C/C=C/C(C)=C/C=C/C=C(C)/C=C/C=C(C)/C=C/C2=C(C)CCC(O)C2(C)C)C(C)(C)CCC1.CC1=C(/C=C/C(C)=C/C=C/C(C)=C/C=C/C=C(C)/C=C/C=C(C)/C=C/C2=C(C)CCC(O)C2(C)C)C(C)(C)CCC1. The van der Waals surface area contributed by atoms with E-state index in [0.29, 0.717) is 0 Å². The highest BCUT2D eigenvalue weighted by molar-refractivity contribution is 5.42. The van der Waals surface area contributed by atoms with Crippen LogP contribution in [0.3, 0.4) is 0 Å². The molecule has 2 heteroatoms. The smallest absolute Gasteiger partial charge is 0.0634 e. The molecule has 0 aromatic carbocycles. The summed E-state index contributed by atoms with van der Waals surface area (Å²) in [7, 11) is 0. The first kappa shape index (κ1) is 70.5. The van der Waals surface area contributed by atoms with E-state index in [4.69, 9.17) is 0 Å². The van der Waals surface area contributed by atoms with Gasteiger partial charge in [0.15, 0.2) is 0 Å². The van der Waals surface area contributed by atoms with Crippen LogP contribution in [0.1, 0.15) is 203 Å². The molecule has 0 aromatic rings. The quantitative estimate of drug-likeness (QED) is 0.119. The van der Waals surface area contributed by atoms with Crippen LogP contribution in [-0.2, 0) is 0 Å². The second-order valence-electron chi connectivity index (χ2n) is 26.6. The zero-order valence-electron chi connectivity index (χ0n) is 55.3. The molecule has 0 bridgehead atoms. The Labute approximate surface area is 503 Å². The summed E-state index contributed by atoms with van der Waals surface area (Å²) < 4.78 is 0. The van der Waals surface area contributed by atoms with E-state index in [2.05, 4.69) is 309 Å². The van der Waals surface area contributed by atoms with Gasteiger partial charge in [-0.1, -0.05) is 292 Å². The molecule has 0 aliphatic heterocycles. The molecule has 2 N–H and O–H groups in total. The normalized spacial score (nSPS) is 23.5. The van der Waals surface area contributed by atoms with Crippen LogP contribution in [0.25, 0.3) is 0 Å². The van der Waals surface area contributed by atoms with Crippen molar-refractivity contribution < 1.29 is 10.2 Å². The molecule has 0 aromatic heterocycles. The topological polar surface area (TPSA) is 40.5 Å². The maximum Gasteiger partial charge on any atom is 0.0634 e. The van der Waals surface area contributed by atoms with E-state index in [0.717, 1.165) is 25.7 Å². The van der Waals surface area contributed by atoms with Gasteiger partial charge in [0.2, 0.25) is 0 Å². The largest absolute Gasteiger partial charge is 0.392 e. The zero-order chi connectivity index (χ0) is 61.3. The van der Waals surface area contributed by atoms with E-state index in [1.165, 1.54) is 117 Å². The van der Waals surface area contributed by atoms with Crippen molar-refractivity contribution in [2.75, 3.05) is 0 Å². The van der Waals surface area contributed by atoms with Gasteiger partial charge in [-0.05, 0) is 180 Å². The van der Waals surface area contributed by atoms with Crippen molar-refractivity contribution in [3.8, 4) is 0 Å². The van der Waals surface area contributed by atoms with E-state index < -0.39 is 0 Å². The van der Waals surface area contributed by atoms with Crippen LogP contribution in [0.5, 0.6) is 0 Å². The van der Waals surface area contributed by atoms with Gasteiger partial charge in [0.1, 0.15) is 0 Å². The van der Waals surface area contributed by atoms with E-state index >= 15 is 0 Å². The first-order chi connectivity index (χ1) is 38.5. The molecular formula is C80H112O2. The predicted molar refractivity (Wildman–Crippen MR) is 366 cm³/mol. The summed E-state index contributed by atoms with van der Waals surface area (Å²) in [6, 6.07) is 0. The van der Waals surface area contributed by atoms with Gasteiger partial charge >= 0.3 is 0 Å². The Bertz CT molecular complexity index is 2700. The minimum Gasteiger partial charge on any atom is -0.392 e. The lowest BCUT2D eigenvalue weighted by atomic mass is 9.70. The van der Waals surface area contributed by atoms with E-state index in [9.17, 15) is 10.2 Å². The molecule has 0 saturated carbocycles. The van der Waals surface area contributed by atoms with Crippen LogP contribution in [0.2, 0.25) is 0 Å². The van der Waals surface area contributed by atoms with Crippen molar-refractivity contribution in [2.24, 2.45) is 21.7 Å². The molecule has 444 valence electrons. The van der Waals surface area contributed by atoms with Crippen LogP contribution in [0.4, 0.5) is 0 Å². The number of rotatable bonds is 20. The third-order valence-corrected chi connectivity index (χ3v) is 17.2. The van der Waals surface area contributed by atoms with Crippen molar-refractivity contribution in [3.05, 3.63) is 259 Å². The summed E-state index contributed by atoms with van der Waals surface area (Å²) in [5.41, 5.74) is 21.3. The molecule has 2 unspecified atom stereocenters. The van der Waals surface area contributed by atoms with Crippen LogP contribution >= 0.6 is 0 Å². The molecule has 4 aliphatic carbocycles. The first-order valence-corrected chi connectivity index (χ1v) is 30.8. The summed E-state index contributed by atoms with van der Waals surface area (Å²) in [5, 5.41) is 20.9. The molecule has 4 rings (SSSR count). The summed E-state index contributed by atoms with van der Waals surface area (Å²) in [4.78, 5) is 0. The number of hydrogen-bond acceptors (Lipinski definition) is 2. The third-order valence-electron chi connectivity index (χ3n) is 17.2. The number of allylic oxidation sites excluding steroid dienone is 42. The Hall–Kier alpha value is -5.80. The van der Waals surface area contributed by atoms with Crippen molar-refractivity contribution >= 4 is 0 Å². The lowest BCUT2D eigenvalue weighted by molar-refractivity contribution is 0.0606. The van der Waals surface area contributed by atoms with Gasteiger partial charge in [0, 0.05) is 10.8 Å². The maximum absolute atomic E-state index is 10.4. The van der Waals surface area contributed by atoms with Gasteiger partial charge in [-0.15, -0.1) is 0 Å². The van der Waals surface area contributed by atoms with E-state index in [1.807, 2.05) is 0 Å². The highest BCUT2D eigenvalue weighted by Crippen LogP contribution is 2.44. The van der Waals surface area contributed by atoms with Gasteiger partial charge in [-0.3, -0.25) is 0 Å². The average molecular weight is 1110 g/mol. The Morgan fingerprint density at radius 2 is 0.537 bits per heavy atom. The molecule has 2 nitrogen and oxygen atoms in total. The summed E-state index contributed by atoms with van der Waals surface area (Å²) in [6.07, 6.45) is 71.1. The lowest BCUT2D eigenvalue weighted by Crippen LogP contribution is -2.34. The number of aliphatic hydroxyl groups excluding tert-OH is 2. The molecule has 0 fully saturated rings. The first-order valence-electron chi connectivity index (χ1n) is 30.8. The molecule has 0 heterocycles. The Morgan fingerprint density at radius 3 is 0.793 bits per heavy atom. The molecular weight excluding hydrogens is 993 g/mol. The van der Waals surface area contributed by atoms with Crippen LogP contribution in [0.15, 0.2) is 259 Å². The highest BCUT2D eigenvalue weighted by Gasteiger charge is 2.36. The Balaban J connectivity index is 0.000000430. The highest BCUT2D eigenvalue weighted by atomic mass is 16.3. The fraction of sp³-hybridized carbons (Fsp3) is 0.450. The van der Waals surface area contributed by atoms with Gasteiger partial charge < -0.3 is 10.2 Å². The second kappa shape index (κ2) is 34.1. The van der Waals surface area contributed by atoms with Crippen molar-refractivity contribution in [3.63, 3.8) is 0 Å².